The molecule has 0 aromatic heterocycles. The number of aliphatic hydroxyl groups excluding tert-OH is 1. The molecule has 0 spiro atoms. The topological polar surface area (TPSA) is 96.9 Å². The van der Waals surface area contributed by atoms with Crippen molar-refractivity contribution in [3.63, 3.8) is 0 Å². The van der Waals surface area contributed by atoms with E-state index in [9.17, 15) is 23.5 Å². The van der Waals surface area contributed by atoms with Crippen molar-refractivity contribution in [2.75, 3.05) is 19.8 Å². The van der Waals surface area contributed by atoms with E-state index in [0.717, 1.165) is 12.1 Å². The molecule has 0 saturated carbocycles. The molecule has 0 fully saturated rings. The van der Waals surface area contributed by atoms with Crippen molar-refractivity contribution < 1.29 is 33.0 Å². The Morgan fingerprint density at radius 3 is 2.25 bits per heavy atom. The molecule has 0 aliphatic rings. The van der Waals surface area contributed by atoms with Crippen LogP contribution in [-0.4, -0.2) is 42.8 Å². The number of halogens is 4. The Kier molecular flexibility index (Phi) is 9.70. The van der Waals surface area contributed by atoms with Crippen molar-refractivity contribution >= 4 is 35.0 Å². The summed E-state index contributed by atoms with van der Waals surface area (Å²) in [6.45, 7) is 2.72. The van der Waals surface area contributed by atoms with Crippen molar-refractivity contribution in [2.24, 2.45) is 0 Å². The number of aliphatic hydroxyl groups is 1. The van der Waals surface area contributed by atoms with Gasteiger partial charge in [0.1, 0.15) is 23.1 Å². The first-order valence-electron chi connectivity index (χ1n) is 9.25. The molecule has 0 bridgehead atoms. The van der Waals surface area contributed by atoms with Crippen LogP contribution in [0.4, 0.5) is 8.78 Å². The van der Waals surface area contributed by atoms with Crippen LogP contribution in [0.2, 0.25) is 10.0 Å². The minimum Gasteiger partial charge on any atom is -0.484 e. The van der Waals surface area contributed by atoms with Gasteiger partial charge in [0.05, 0.1) is 16.7 Å². The average Bonchev–Trinajstić information content (AvgIpc) is 2.75. The van der Waals surface area contributed by atoms with Gasteiger partial charge in [0, 0.05) is 30.8 Å². The van der Waals surface area contributed by atoms with E-state index in [1.165, 1.54) is 24.3 Å². The predicted octanol–water partition coefficient (Wildman–Crippen LogP) is 3.23. The van der Waals surface area contributed by atoms with Crippen LogP contribution in [0.1, 0.15) is 6.42 Å². The van der Waals surface area contributed by atoms with Gasteiger partial charge in [-0.3, -0.25) is 9.59 Å². The fraction of sp³-hybridized carbons (Fsp3) is 0.238. The van der Waals surface area contributed by atoms with Gasteiger partial charge in [-0.25, -0.2) is 8.78 Å². The van der Waals surface area contributed by atoms with Crippen molar-refractivity contribution in [1.29, 1.82) is 0 Å². The third kappa shape index (κ3) is 7.99. The fourth-order valence-electron chi connectivity index (χ4n) is 2.35. The van der Waals surface area contributed by atoms with Gasteiger partial charge in [-0.05, 0) is 24.3 Å². The first kappa shape index (κ1) is 25.4. The molecular weight excluding hydrogens is 469 g/mol. The van der Waals surface area contributed by atoms with Crippen LogP contribution >= 0.6 is 23.2 Å². The van der Waals surface area contributed by atoms with E-state index in [2.05, 4.69) is 17.2 Å². The van der Waals surface area contributed by atoms with Crippen LogP contribution in [0, 0.1) is 11.6 Å². The minimum absolute atomic E-state index is 0.0262. The van der Waals surface area contributed by atoms with E-state index >= 15 is 0 Å². The third-order valence-electron chi connectivity index (χ3n) is 3.93. The molecule has 0 heterocycles. The normalized spacial score (nSPS) is 11.4. The van der Waals surface area contributed by atoms with E-state index in [-0.39, 0.29) is 41.1 Å². The third-order valence-corrected chi connectivity index (χ3v) is 4.54. The summed E-state index contributed by atoms with van der Waals surface area (Å²) in [5, 5.41) is 14.2. The molecule has 2 rings (SSSR count). The molecule has 2 amide bonds. The van der Waals surface area contributed by atoms with Crippen LogP contribution in [0.25, 0.3) is 0 Å². The van der Waals surface area contributed by atoms with Gasteiger partial charge in [0.15, 0.2) is 12.7 Å². The van der Waals surface area contributed by atoms with Gasteiger partial charge in [-0.2, -0.15) is 0 Å². The lowest BCUT2D eigenvalue weighted by molar-refractivity contribution is -0.129. The molecule has 11 heteroatoms. The van der Waals surface area contributed by atoms with Crippen LogP contribution in [0.3, 0.4) is 0 Å². The number of carbonyl (C=O) groups excluding carboxylic acids is 2. The zero-order valence-electron chi connectivity index (χ0n) is 16.7. The molecule has 1 atom stereocenters. The number of nitrogens with one attached hydrogen (secondary N) is 2. The lowest BCUT2D eigenvalue weighted by atomic mass is 10.3. The summed E-state index contributed by atoms with van der Waals surface area (Å²) in [5.74, 6) is -2.41. The molecule has 3 N–H and O–H groups in total. The van der Waals surface area contributed by atoms with Crippen LogP contribution in [0.15, 0.2) is 48.7 Å². The van der Waals surface area contributed by atoms with Crippen molar-refractivity contribution in [1.82, 2.24) is 10.6 Å². The maximum Gasteiger partial charge on any atom is 0.263 e. The summed E-state index contributed by atoms with van der Waals surface area (Å²) in [7, 11) is 0. The zero-order chi connectivity index (χ0) is 23.7. The Balaban J connectivity index is 1.72. The number of benzene rings is 2. The summed E-state index contributed by atoms with van der Waals surface area (Å²) in [5.41, 5.74) is 0.294. The van der Waals surface area contributed by atoms with Crippen molar-refractivity contribution in [3.05, 3.63) is 70.4 Å². The predicted molar refractivity (Wildman–Crippen MR) is 115 cm³/mol. The van der Waals surface area contributed by atoms with Crippen LogP contribution < -0.4 is 20.1 Å². The highest BCUT2D eigenvalue weighted by Crippen LogP contribution is 2.21. The zero-order valence-corrected chi connectivity index (χ0v) is 18.2. The maximum absolute atomic E-state index is 13.5. The number of hydrogen-bond donors (Lipinski definition) is 3. The number of carbonyl (C=O) groups is 2. The standard InChI is InChI=1S/C21H20Cl2F2N2O5/c1-12(27-20(29)11-31-13-2-4-15(22)17(24)8-13)6-7-26-21(30)19(10-28)32-14-3-5-16(23)18(25)9-14/h2-5,8-9,19,28H,1,6-7,10-11H2,(H,26,30)(H,27,29)/t19-/m1/s1. The minimum atomic E-state index is -1.27. The molecule has 0 aliphatic heterocycles. The van der Waals surface area contributed by atoms with E-state index in [4.69, 9.17) is 32.7 Å². The van der Waals surface area contributed by atoms with Gasteiger partial charge in [-0.15, -0.1) is 0 Å². The van der Waals surface area contributed by atoms with Gasteiger partial charge in [-0.1, -0.05) is 29.8 Å². The van der Waals surface area contributed by atoms with Crippen molar-refractivity contribution in [2.45, 2.75) is 12.5 Å². The highest BCUT2D eigenvalue weighted by Gasteiger charge is 2.20. The van der Waals surface area contributed by atoms with Crippen LogP contribution in [0.5, 0.6) is 11.5 Å². The van der Waals surface area contributed by atoms with E-state index in [1.54, 1.807) is 0 Å². The Morgan fingerprint density at radius 1 is 1.06 bits per heavy atom. The number of rotatable bonds is 11. The Bertz CT molecular complexity index is 991. The second-order valence-electron chi connectivity index (χ2n) is 6.42. The second-order valence-corrected chi connectivity index (χ2v) is 7.24. The lowest BCUT2D eigenvalue weighted by Gasteiger charge is -2.17. The van der Waals surface area contributed by atoms with Gasteiger partial charge < -0.3 is 25.2 Å². The average molecular weight is 489 g/mol. The summed E-state index contributed by atoms with van der Waals surface area (Å²) in [4.78, 5) is 24.0. The number of amides is 2. The first-order chi connectivity index (χ1) is 15.2. The van der Waals surface area contributed by atoms with E-state index < -0.39 is 36.2 Å². The summed E-state index contributed by atoms with van der Waals surface area (Å²) in [6.07, 6.45) is -1.09. The lowest BCUT2D eigenvalue weighted by Crippen LogP contribution is -2.41. The highest BCUT2D eigenvalue weighted by molar-refractivity contribution is 6.31. The smallest absolute Gasteiger partial charge is 0.263 e. The summed E-state index contributed by atoms with van der Waals surface area (Å²) >= 11 is 11.2. The summed E-state index contributed by atoms with van der Waals surface area (Å²) in [6, 6.07) is 7.39. The second kappa shape index (κ2) is 12.2. The molecule has 0 radical (unpaired) electrons. The molecule has 7 nitrogen and oxygen atoms in total. The molecular formula is C21H20Cl2F2N2O5. The Hall–Kier alpha value is -2.88. The van der Waals surface area contributed by atoms with Gasteiger partial charge in [0.25, 0.3) is 11.8 Å². The molecule has 0 unspecified atom stereocenters. The number of ether oxygens (including phenoxy) is 2. The molecule has 172 valence electrons. The molecule has 2 aromatic carbocycles. The maximum atomic E-state index is 13.5. The van der Waals surface area contributed by atoms with Crippen LogP contribution in [-0.2, 0) is 9.59 Å². The largest absolute Gasteiger partial charge is 0.484 e. The molecule has 32 heavy (non-hydrogen) atoms. The van der Waals surface area contributed by atoms with E-state index in [0.29, 0.717) is 5.70 Å². The Morgan fingerprint density at radius 2 is 1.66 bits per heavy atom. The van der Waals surface area contributed by atoms with Gasteiger partial charge >= 0.3 is 0 Å². The SMILES string of the molecule is C=C(CCNC(=O)[C@@H](CO)Oc1ccc(Cl)c(F)c1)NC(=O)COc1ccc(Cl)c(F)c1. The first-order valence-corrected chi connectivity index (χ1v) is 10.0. The van der Waals surface area contributed by atoms with Crippen molar-refractivity contribution in [3.8, 4) is 11.5 Å². The molecule has 0 aliphatic carbocycles. The monoisotopic (exact) mass is 488 g/mol. The van der Waals surface area contributed by atoms with Gasteiger partial charge in [0.2, 0.25) is 0 Å². The highest BCUT2D eigenvalue weighted by atomic mass is 35.5. The molecule has 2 aromatic rings. The Labute approximate surface area is 192 Å². The fourth-order valence-corrected chi connectivity index (χ4v) is 2.58. The molecule has 0 saturated heterocycles. The quantitative estimate of drug-likeness (QED) is 0.451. The summed E-state index contributed by atoms with van der Waals surface area (Å²) < 4.78 is 37.2. The number of hydrogen-bond acceptors (Lipinski definition) is 5. The van der Waals surface area contributed by atoms with E-state index in [1.807, 2.05) is 0 Å².